The molecule has 1 aliphatic rings. The average Bonchev–Trinajstić information content (AvgIpc) is 2.97. The van der Waals surface area contributed by atoms with Gasteiger partial charge in [0.1, 0.15) is 22.1 Å². The zero-order chi connectivity index (χ0) is 13.9. The highest BCUT2D eigenvalue weighted by molar-refractivity contribution is 7.80. The second kappa shape index (κ2) is 5.56. The van der Waals surface area contributed by atoms with Gasteiger partial charge in [0.2, 0.25) is 0 Å². The van der Waals surface area contributed by atoms with Gasteiger partial charge in [0.25, 0.3) is 0 Å². The zero-order valence-electron chi connectivity index (χ0n) is 10.8. The van der Waals surface area contributed by atoms with E-state index >= 15 is 0 Å². The molecule has 1 saturated heterocycles. The van der Waals surface area contributed by atoms with Crippen LogP contribution in [0.1, 0.15) is 5.69 Å². The molecular formula is C13H14N4O2S. The molecule has 1 aromatic carbocycles. The fourth-order valence-corrected chi connectivity index (χ4v) is 2.34. The Hall–Kier alpha value is -1.99. The van der Waals surface area contributed by atoms with Gasteiger partial charge in [-0.1, -0.05) is 29.6 Å². The van der Waals surface area contributed by atoms with Crippen LogP contribution in [-0.2, 0) is 4.74 Å². The molecule has 0 bridgehead atoms. The molecule has 20 heavy (non-hydrogen) atoms. The highest BCUT2D eigenvalue weighted by Gasteiger charge is 2.18. The fourth-order valence-electron chi connectivity index (χ4n) is 2.07. The van der Waals surface area contributed by atoms with E-state index in [2.05, 4.69) is 15.2 Å². The SMILES string of the molecule is Oc1ccccc1-n1cc(C(=S)N2CCOCC2)nn1. The number of thiocarbonyl (C=S) groups is 1. The summed E-state index contributed by atoms with van der Waals surface area (Å²) in [7, 11) is 0. The number of aromatic nitrogens is 3. The summed E-state index contributed by atoms with van der Waals surface area (Å²) in [6.07, 6.45) is 1.73. The molecule has 1 N–H and O–H groups in total. The third kappa shape index (κ3) is 2.50. The van der Waals surface area contributed by atoms with Crippen molar-refractivity contribution in [2.45, 2.75) is 0 Å². The number of hydrogen-bond donors (Lipinski definition) is 1. The molecule has 0 unspecified atom stereocenters. The number of ether oxygens (including phenoxy) is 1. The van der Waals surface area contributed by atoms with Gasteiger partial charge in [-0.3, -0.25) is 0 Å². The van der Waals surface area contributed by atoms with E-state index in [1.807, 2.05) is 6.07 Å². The highest BCUT2D eigenvalue weighted by atomic mass is 32.1. The van der Waals surface area contributed by atoms with Gasteiger partial charge in [-0.15, -0.1) is 5.10 Å². The third-order valence-corrected chi connectivity index (χ3v) is 3.61. The molecule has 104 valence electrons. The molecule has 1 aromatic heterocycles. The Labute approximate surface area is 121 Å². The van der Waals surface area contributed by atoms with Crippen molar-refractivity contribution in [2.75, 3.05) is 26.3 Å². The van der Waals surface area contributed by atoms with Crippen molar-refractivity contribution in [2.24, 2.45) is 0 Å². The van der Waals surface area contributed by atoms with E-state index in [4.69, 9.17) is 17.0 Å². The van der Waals surface area contributed by atoms with Crippen LogP contribution in [0, 0.1) is 0 Å². The Balaban J connectivity index is 1.83. The molecule has 7 heteroatoms. The van der Waals surface area contributed by atoms with Crippen molar-refractivity contribution in [3.63, 3.8) is 0 Å². The van der Waals surface area contributed by atoms with E-state index in [9.17, 15) is 5.11 Å². The quantitative estimate of drug-likeness (QED) is 0.832. The maximum Gasteiger partial charge on any atom is 0.141 e. The molecule has 1 aliphatic heterocycles. The van der Waals surface area contributed by atoms with Gasteiger partial charge < -0.3 is 14.7 Å². The minimum absolute atomic E-state index is 0.154. The maximum absolute atomic E-state index is 9.81. The Bertz CT molecular complexity index is 622. The number of morpholine rings is 1. The van der Waals surface area contributed by atoms with Gasteiger partial charge in [0.15, 0.2) is 0 Å². The molecule has 0 radical (unpaired) electrons. The Kier molecular flexibility index (Phi) is 3.62. The molecule has 0 aliphatic carbocycles. The molecule has 1 fully saturated rings. The van der Waals surface area contributed by atoms with Crippen LogP contribution in [0.5, 0.6) is 5.75 Å². The molecule has 0 atom stereocenters. The summed E-state index contributed by atoms with van der Waals surface area (Å²) in [5.74, 6) is 0.154. The van der Waals surface area contributed by atoms with Crippen LogP contribution in [0.4, 0.5) is 0 Å². The topological polar surface area (TPSA) is 63.4 Å². The van der Waals surface area contributed by atoms with Gasteiger partial charge in [-0.2, -0.15) is 0 Å². The summed E-state index contributed by atoms with van der Waals surface area (Å²) in [4.78, 5) is 2.72. The van der Waals surface area contributed by atoms with Crippen LogP contribution in [-0.4, -0.2) is 56.3 Å². The van der Waals surface area contributed by atoms with Crippen molar-refractivity contribution in [1.29, 1.82) is 0 Å². The van der Waals surface area contributed by atoms with Crippen LogP contribution < -0.4 is 0 Å². The largest absolute Gasteiger partial charge is 0.506 e. The Morgan fingerprint density at radius 3 is 2.75 bits per heavy atom. The second-order valence-electron chi connectivity index (χ2n) is 4.44. The molecular weight excluding hydrogens is 276 g/mol. The first-order valence-corrected chi connectivity index (χ1v) is 6.74. The van der Waals surface area contributed by atoms with Gasteiger partial charge in [-0.05, 0) is 12.1 Å². The number of aromatic hydroxyl groups is 1. The number of phenolic OH excluding ortho intramolecular Hbond substituents is 1. The van der Waals surface area contributed by atoms with Gasteiger partial charge in [-0.25, -0.2) is 4.68 Å². The van der Waals surface area contributed by atoms with E-state index < -0.39 is 0 Å². The average molecular weight is 290 g/mol. The summed E-state index contributed by atoms with van der Waals surface area (Å²) in [6.45, 7) is 2.88. The molecule has 6 nitrogen and oxygen atoms in total. The van der Waals surface area contributed by atoms with E-state index in [0.29, 0.717) is 29.6 Å². The first kappa shape index (κ1) is 13.0. The van der Waals surface area contributed by atoms with Crippen molar-refractivity contribution < 1.29 is 9.84 Å². The van der Waals surface area contributed by atoms with Crippen molar-refractivity contribution in [3.05, 3.63) is 36.2 Å². The number of hydrogen-bond acceptors (Lipinski definition) is 5. The van der Waals surface area contributed by atoms with Crippen molar-refractivity contribution >= 4 is 17.2 Å². The smallest absolute Gasteiger partial charge is 0.141 e. The predicted molar refractivity (Wildman–Crippen MR) is 77.1 cm³/mol. The lowest BCUT2D eigenvalue weighted by Crippen LogP contribution is -2.40. The lowest BCUT2D eigenvalue weighted by Gasteiger charge is -2.27. The van der Waals surface area contributed by atoms with Crippen LogP contribution in [0.2, 0.25) is 0 Å². The molecule has 0 saturated carbocycles. The van der Waals surface area contributed by atoms with Crippen LogP contribution in [0.25, 0.3) is 5.69 Å². The molecule has 0 spiro atoms. The molecule has 2 aromatic rings. The van der Waals surface area contributed by atoms with Crippen molar-refractivity contribution in [3.8, 4) is 11.4 Å². The Morgan fingerprint density at radius 2 is 2.00 bits per heavy atom. The summed E-state index contributed by atoms with van der Waals surface area (Å²) in [6, 6.07) is 6.97. The summed E-state index contributed by atoms with van der Waals surface area (Å²) < 4.78 is 6.83. The molecule has 3 rings (SSSR count). The number of nitrogens with zero attached hydrogens (tertiary/aromatic N) is 4. The zero-order valence-corrected chi connectivity index (χ0v) is 11.6. The number of benzene rings is 1. The minimum Gasteiger partial charge on any atom is -0.506 e. The standard InChI is InChI=1S/C13H14N4O2S/c18-12-4-2-1-3-11(12)17-9-10(14-15-17)13(20)16-5-7-19-8-6-16/h1-4,9,18H,5-8H2. The second-order valence-corrected chi connectivity index (χ2v) is 4.83. The molecule has 0 amide bonds. The van der Waals surface area contributed by atoms with E-state index in [-0.39, 0.29) is 5.75 Å². The van der Waals surface area contributed by atoms with E-state index in [1.54, 1.807) is 24.4 Å². The van der Waals surface area contributed by atoms with Gasteiger partial charge in [0.05, 0.1) is 19.4 Å². The molecule has 2 heterocycles. The van der Waals surface area contributed by atoms with Gasteiger partial charge >= 0.3 is 0 Å². The maximum atomic E-state index is 9.81. The van der Waals surface area contributed by atoms with Crippen LogP contribution in [0.3, 0.4) is 0 Å². The first-order valence-electron chi connectivity index (χ1n) is 6.33. The number of para-hydroxylation sites is 2. The lowest BCUT2D eigenvalue weighted by atomic mass is 10.3. The fraction of sp³-hybridized carbons (Fsp3) is 0.308. The predicted octanol–water partition coefficient (Wildman–Crippen LogP) is 0.981. The summed E-state index contributed by atoms with van der Waals surface area (Å²) in [5.41, 5.74) is 1.21. The highest BCUT2D eigenvalue weighted by Crippen LogP contribution is 2.20. The lowest BCUT2D eigenvalue weighted by molar-refractivity contribution is 0.0692. The van der Waals surface area contributed by atoms with E-state index in [0.717, 1.165) is 13.1 Å². The number of phenols is 1. The monoisotopic (exact) mass is 290 g/mol. The van der Waals surface area contributed by atoms with Crippen molar-refractivity contribution in [1.82, 2.24) is 19.9 Å². The van der Waals surface area contributed by atoms with E-state index in [1.165, 1.54) is 4.68 Å². The Morgan fingerprint density at radius 1 is 1.25 bits per heavy atom. The van der Waals surface area contributed by atoms with Gasteiger partial charge in [0, 0.05) is 13.1 Å². The number of rotatable bonds is 2. The summed E-state index contributed by atoms with van der Waals surface area (Å²) in [5, 5.41) is 17.9. The van der Waals surface area contributed by atoms with Crippen LogP contribution in [0.15, 0.2) is 30.5 Å². The third-order valence-electron chi connectivity index (χ3n) is 3.14. The minimum atomic E-state index is 0.154. The summed E-state index contributed by atoms with van der Waals surface area (Å²) >= 11 is 5.43. The van der Waals surface area contributed by atoms with Crippen LogP contribution >= 0.6 is 12.2 Å². The normalized spacial score (nSPS) is 15.3. The first-order chi connectivity index (χ1) is 9.75.